The molecule has 4 heteroatoms. The van der Waals surface area contributed by atoms with E-state index in [0.717, 1.165) is 11.1 Å². The third kappa shape index (κ3) is 3.82. The highest BCUT2D eigenvalue weighted by Gasteiger charge is 2.22. The normalized spacial score (nSPS) is 14.1. The largest absolute Gasteiger partial charge is 0.466 e. The monoisotopic (exact) mass is 252 g/mol. The molecule has 0 amide bonds. The highest BCUT2D eigenvalue weighted by Crippen LogP contribution is 2.21. The van der Waals surface area contributed by atoms with E-state index in [9.17, 15) is 15.0 Å². The molecule has 0 aromatic heterocycles. The number of ether oxygens (including phenoxy) is 1. The van der Waals surface area contributed by atoms with E-state index < -0.39 is 18.2 Å². The van der Waals surface area contributed by atoms with E-state index in [1.165, 1.54) is 0 Å². The van der Waals surface area contributed by atoms with Crippen LogP contribution in [0.25, 0.3) is 0 Å². The number of carbonyl (C=O) groups is 1. The maximum atomic E-state index is 11.2. The fraction of sp³-hybridized carbons (Fsp3) is 0.500. The molecule has 1 aromatic carbocycles. The molecule has 0 spiro atoms. The summed E-state index contributed by atoms with van der Waals surface area (Å²) >= 11 is 0. The first-order chi connectivity index (χ1) is 8.45. The van der Waals surface area contributed by atoms with Crippen LogP contribution in [0.4, 0.5) is 0 Å². The van der Waals surface area contributed by atoms with Crippen LogP contribution in [0.15, 0.2) is 18.2 Å². The van der Waals surface area contributed by atoms with Crippen LogP contribution in [0.2, 0.25) is 0 Å². The average Bonchev–Trinajstić information content (AvgIpc) is 2.32. The van der Waals surface area contributed by atoms with Gasteiger partial charge < -0.3 is 14.9 Å². The molecule has 2 unspecified atom stereocenters. The van der Waals surface area contributed by atoms with Crippen LogP contribution in [0.1, 0.15) is 36.1 Å². The van der Waals surface area contributed by atoms with E-state index in [-0.39, 0.29) is 13.0 Å². The third-order valence-electron chi connectivity index (χ3n) is 2.92. The van der Waals surface area contributed by atoms with Crippen molar-refractivity contribution in [3.63, 3.8) is 0 Å². The van der Waals surface area contributed by atoms with Gasteiger partial charge in [0.15, 0.2) is 0 Å². The molecule has 100 valence electrons. The van der Waals surface area contributed by atoms with Crippen LogP contribution >= 0.6 is 0 Å². The zero-order valence-corrected chi connectivity index (χ0v) is 11.0. The highest BCUT2D eigenvalue weighted by molar-refractivity contribution is 5.70. The van der Waals surface area contributed by atoms with E-state index in [4.69, 9.17) is 4.74 Å². The van der Waals surface area contributed by atoms with Crippen LogP contribution in [0.3, 0.4) is 0 Å². The fourth-order valence-corrected chi connectivity index (χ4v) is 1.67. The lowest BCUT2D eigenvalue weighted by atomic mass is 9.98. The molecule has 2 atom stereocenters. The van der Waals surface area contributed by atoms with Crippen molar-refractivity contribution in [3.8, 4) is 0 Å². The van der Waals surface area contributed by atoms with Gasteiger partial charge in [-0.05, 0) is 37.5 Å². The molecule has 18 heavy (non-hydrogen) atoms. The van der Waals surface area contributed by atoms with Gasteiger partial charge >= 0.3 is 5.97 Å². The second-order valence-electron chi connectivity index (χ2n) is 4.37. The second kappa shape index (κ2) is 6.52. The molecular weight excluding hydrogens is 232 g/mol. The summed E-state index contributed by atoms with van der Waals surface area (Å²) in [5, 5.41) is 19.7. The summed E-state index contributed by atoms with van der Waals surface area (Å²) in [6.07, 6.45) is -2.43. The van der Waals surface area contributed by atoms with Crippen molar-refractivity contribution < 1.29 is 19.7 Å². The van der Waals surface area contributed by atoms with Crippen LogP contribution in [-0.4, -0.2) is 28.9 Å². The second-order valence-corrected chi connectivity index (χ2v) is 4.37. The molecule has 1 aromatic rings. The number of benzene rings is 1. The molecule has 2 N–H and O–H groups in total. The Morgan fingerprint density at radius 2 is 1.94 bits per heavy atom. The quantitative estimate of drug-likeness (QED) is 0.782. The fourth-order valence-electron chi connectivity index (χ4n) is 1.67. The molecule has 0 radical (unpaired) electrons. The summed E-state index contributed by atoms with van der Waals surface area (Å²) in [5.41, 5.74) is 2.76. The third-order valence-corrected chi connectivity index (χ3v) is 2.92. The molecular formula is C14H20O4. The van der Waals surface area contributed by atoms with Crippen molar-refractivity contribution in [2.45, 2.75) is 39.4 Å². The topological polar surface area (TPSA) is 66.8 Å². The van der Waals surface area contributed by atoms with Gasteiger partial charge in [-0.25, -0.2) is 0 Å². The van der Waals surface area contributed by atoms with Crippen molar-refractivity contribution in [2.75, 3.05) is 6.61 Å². The highest BCUT2D eigenvalue weighted by atomic mass is 16.5. The zero-order valence-electron chi connectivity index (χ0n) is 11.0. The average molecular weight is 252 g/mol. The van der Waals surface area contributed by atoms with Gasteiger partial charge in [-0.3, -0.25) is 4.79 Å². The molecule has 0 aliphatic carbocycles. The molecule has 0 fully saturated rings. The number of aliphatic hydroxyl groups is 2. The smallest absolute Gasteiger partial charge is 0.308 e. The number of hydrogen-bond donors (Lipinski definition) is 2. The van der Waals surface area contributed by atoms with Crippen molar-refractivity contribution in [1.29, 1.82) is 0 Å². The van der Waals surface area contributed by atoms with Gasteiger partial charge in [0.2, 0.25) is 0 Å². The summed E-state index contributed by atoms with van der Waals surface area (Å²) in [5.74, 6) is -0.507. The minimum Gasteiger partial charge on any atom is -0.466 e. The minimum absolute atomic E-state index is 0.206. The van der Waals surface area contributed by atoms with Gasteiger partial charge in [-0.2, -0.15) is 0 Å². The predicted octanol–water partition coefficient (Wildman–Crippen LogP) is 1.65. The SMILES string of the molecule is CCOC(=O)CC(O)C(O)c1ccc(C)c(C)c1. The molecule has 0 saturated heterocycles. The Labute approximate surface area is 107 Å². The zero-order chi connectivity index (χ0) is 13.7. The summed E-state index contributed by atoms with van der Waals surface area (Å²) in [6, 6.07) is 5.45. The first kappa shape index (κ1) is 14.7. The Bertz CT molecular complexity index is 414. The van der Waals surface area contributed by atoms with Crippen LogP contribution in [0.5, 0.6) is 0 Å². The molecule has 0 aliphatic heterocycles. The Balaban J connectivity index is 2.70. The number of esters is 1. The van der Waals surface area contributed by atoms with Crippen molar-refractivity contribution in [3.05, 3.63) is 34.9 Å². The van der Waals surface area contributed by atoms with E-state index in [1.807, 2.05) is 26.0 Å². The van der Waals surface area contributed by atoms with Gasteiger partial charge in [-0.1, -0.05) is 18.2 Å². The summed E-state index contributed by atoms with van der Waals surface area (Å²) in [4.78, 5) is 11.2. The summed E-state index contributed by atoms with van der Waals surface area (Å²) in [6.45, 7) is 5.87. The van der Waals surface area contributed by atoms with Crippen LogP contribution in [-0.2, 0) is 9.53 Å². The first-order valence-corrected chi connectivity index (χ1v) is 6.04. The Morgan fingerprint density at radius 3 is 2.50 bits per heavy atom. The molecule has 0 saturated carbocycles. The molecule has 4 nitrogen and oxygen atoms in total. The van der Waals surface area contributed by atoms with Gasteiger partial charge in [-0.15, -0.1) is 0 Å². The molecule has 0 bridgehead atoms. The van der Waals surface area contributed by atoms with Crippen molar-refractivity contribution in [1.82, 2.24) is 0 Å². The number of aryl methyl sites for hydroxylation is 2. The molecule has 0 aliphatic rings. The Hall–Kier alpha value is -1.39. The maximum absolute atomic E-state index is 11.2. The van der Waals surface area contributed by atoms with Gasteiger partial charge in [0.05, 0.1) is 19.1 Å². The lowest BCUT2D eigenvalue weighted by molar-refractivity contribution is -0.147. The van der Waals surface area contributed by atoms with E-state index in [1.54, 1.807) is 13.0 Å². The van der Waals surface area contributed by atoms with Crippen molar-refractivity contribution >= 4 is 5.97 Å². The molecule has 0 heterocycles. The van der Waals surface area contributed by atoms with E-state index in [2.05, 4.69) is 0 Å². The van der Waals surface area contributed by atoms with E-state index in [0.29, 0.717) is 5.56 Å². The predicted molar refractivity (Wildman–Crippen MR) is 68.1 cm³/mol. The van der Waals surface area contributed by atoms with Gasteiger partial charge in [0, 0.05) is 0 Å². The van der Waals surface area contributed by atoms with Crippen LogP contribution < -0.4 is 0 Å². The standard InChI is InChI=1S/C14H20O4/c1-4-18-13(16)8-12(15)14(17)11-6-5-9(2)10(3)7-11/h5-7,12,14-15,17H,4,8H2,1-3H3. The minimum atomic E-state index is -1.15. The molecule has 1 rings (SSSR count). The maximum Gasteiger partial charge on any atom is 0.308 e. The van der Waals surface area contributed by atoms with Gasteiger partial charge in [0.25, 0.3) is 0 Å². The number of carbonyl (C=O) groups excluding carboxylic acids is 1. The first-order valence-electron chi connectivity index (χ1n) is 6.04. The number of rotatable bonds is 5. The number of aliphatic hydroxyl groups excluding tert-OH is 2. The van der Waals surface area contributed by atoms with Gasteiger partial charge in [0.1, 0.15) is 6.10 Å². The van der Waals surface area contributed by atoms with Crippen molar-refractivity contribution in [2.24, 2.45) is 0 Å². The lowest BCUT2D eigenvalue weighted by Gasteiger charge is -2.18. The van der Waals surface area contributed by atoms with Crippen LogP contribution in [0, 0.1) is 13.8 Å². The lowest BCUT2D eigenvalue weighted by Crippen LogP contribution is -2.23. The Morgan fingerprint density at radius 1 is 1.28 bits per heavy atom. The summed E-state index contributed by atoms with van der Waals surface area (Å²) < 4.78 is 4.73. The Kier molecular flexibility index (Phi) is 5.31. The number of hydrogen-bond acceptors (Lipinski definition) is 4. The van der Waals surface area contributed by atoms with E-state index >= 15 is 0 Å². The summed E-state index contributed by atoms with van der Waals surface area (Å²) in [7, 11) is 0.